The molecular weight excluding hydrogens is 497 g/mol. The van der Waals surface area contributed by atoms with Gasteiger partial charge in [0.1, 0.15) is 5.54 Å². The summed E-state index contributed by atoms with van der Waals surface area (Å²) in [6.07, 6.45) is 8.85. The van der Waals surface area contributed by atoms with Gasteiger partial charge in [0.25, 0.3) is 15.7 Å². The van der Waals surface area contributed by atoms with Crippen molar-refractivity contribution in [2.75, 3.05) is 10.2 Å². The van der Waals surface area contributed by atoms with Crippen molar-refractivity contribution < 1.29 is 31.2 Å². The number of carbonyl (C=O) groups is 2. The Morgan fingerprint density at radius 2 is 1.69 bits per heavy atom. The number of hydrogen-bond acceptors (Lipinski definition) is 6. The van der Waals surface area contributed by atoms with Gasteiger partial charge in [-0.05, 0) is 62.6 Å². The molecule has 0 spiro atoms. The van der Waals surface area contributed by atoms with Crippen molar-refractivity contribution in [1.29, 1.82) is 0 Å². The van der Waals surface area contributed by atoms with Crippen LogP contribution < -0.4 is 10.2 Å². The number of alkyl halides is 3. The molecule has 1 aromatic carbocycles. The SMILES string of the molecule is CC1(C)C(=O)N(c2ccc(S(=O)(=O)C(F)(F)F)cc2)C(=O)N1Cc1ccncc1NC1CCCCC1. The summed E-state index contributed by atoms with van der Waals surface area (Å²) < 4.78 is 61.9. The average molecular weight is 525 g/mol. The molecule has 0 unspecified atom stereocenters. The third-order valence-corrected chi connectivity index (χ3v) is 8.24. The molecule has 1 aliphatic carbocycles. The average Bonchev–Trinajstić information content (AvgIpc) is 2.99. The zero-order valence-corrected chi connectivity index (χ0v) is 20.7. The number of sulfone groups is 1. The largest absolute Gasteiger partial charge is 0.501 e. The summed E-state index contributed by atoms with van der Waals surface area (Å²) in [6, 6.07) is 4.95. The first kappa shape index (κ1) is 25.9. The summed E-state index contributed by atoms with van der Waals surface area (Å²) in [5.41, 5.74) is -5.17. The van der Waals surface area contributed by atoms with Crippen LogP contribution in [-0.2, 0) is 21.2 Å². The van der Waals surface area contributed by atoms with Crippen LogP contribution >= 0.6 is 0 Å². The van der Waals surface area contributed by atoms with Crippen LogP contribution in [0.2, 0.25) is 0 Å². The number of benzene rings is 1. The highest BCUT2D eigenvalue weighted by molar-refractivity contribution is 7.92. The van der Waals surface area contributed by atoms with Gasteiger partial charge in [0.2, 0.25) is 0 Å². The molecule has 1 aliphatic heterocycles. The van der Waals surface area contributed by atoms with Crippen molar-refractivity contribution in [3.8, 4) is 0 Å². The van der Waals surface area contributed by atoms with E-state index in [-0.39, 0.29) is 12.2 Å². The monoisotopic (exact) mass is 524 g/mol. The lowest BCUT2D eigenvalue weighted by atomic mass is 9.95. The number of carbonyl (C=O) groups excluding carboxylic acids is 2. The summed E-state index contributed by atoms with van der Waals surface area (Å²) in [4.78, 5) is 32.1. The fourth-order valence-electron chi connectivity index (χ4n) is 4.56. The fourth-order valence-corrected chi connectivity index (χ4v) is 5.33. The molecule has 2 fully saturated rings. The van der Waals surface area contributed by atoms with Gasteiger partial charge in [0, 0.05) is 12.2 Å². The number of amides is 3. The predicted molar refractivity (Wildman–Crippen MR) is 127 cm³/mol. The number of rotatable bonds is 6. The number of hydrogen-bond donors (Lipinski definition) is 1. The maximum atomic E-state index is 13.4. The van der Waals surface area contributed by atoms with E-state index in [9.17, 15) is 31.2 Å². The molecule has 0 radical (unpaired) electrons. The molecule has 36 heavy (non-hydrogen) atoms. The zero-order chi connectivity index (χ0) is 26.3. The lowest BCUT2D eigenvalue weighted by Gasteiger charge is -2.30. The summed E-state index contributed by atoms with van der Waals surface area (Å²) in [5.74, 6) is -0.574. The van der Waals surface area contributed by atoms with E-state index < -0.39 is 37.7 Å². The number of aromatic nitrogens is 1. The van der Waals surface area contributed by atoms with Gasteiger partial charge in [0.05, 0.1) is 29.0 Å². The second-order valence-electron chi connectivity index (χ2n) is 9.52. The van der Waals surface area contributed by atoms with Crippen LogP contribution in [0.5, 0.6) is 0 Å². The third-order valence-electron chi connectivity index (χ3n) is 6.74. The molecule has 12 heteroatoms. The van der Waals surface area contributed by atoms with Crippen molar-refractivity contribution in [2.45, 2.75) is 74.5 Å². The Labute approximate surface area is 207 Å². The van der Waals surface area contributed by atoms with Crippen molar-refractivity contribution in [1.82, 2.24) is 9.88 Å². The van der Waals surface area contributed by atoms with E-state index in [1.165, 1.54) is 11.3 Å². The van der Waals surface area contributed by atoms with Crippen molar-refractivity contribution >= 4 is 33.2 Å². The maximum absolute atomic E-state index is 13.4. The highest BCUT2D eigenvalue weighted by atomic mass is 32.2. The molecule has 0 bridgehead atoms. The highest BCUT2D eigenvalue weighted by Gasteiger charge is 2.52. The van der Waals surface area contributed by atoms with Crippen LogP contribution in [0.15, 0.2) is 47.6 Å². The minimum Gasteiger partial charge on any atom is -0.381 e. The smallest absolute Gasteiger partial charge is 0.381 e. The number of pyridine rings is 1. The standard InChI is InChI=1S/C24H27F3N4O4S/c1-23(2)21(32)31(18-8-10-19(11-9-18)36(34,35)24(25,26)27)22(33)30(23)15-16-12-13-28-14-20(16)29-17-6-4-3-5-7-17/h8-14,17,29H,3-7,15H2,1-2H3. The molecule has 1 saturated carbocycles. The second kappa shape index (κ2) is 9.38. The highest BCUT2D eigenvalue weighted by Crippen LogP contribution is 2.36. The molecule has 4 rings (SSSR count). The van der Waals surface area contributed by atoms with Gasteiger partial charge in [-0.25, -0.2) is 18.1 Å². The molecule has 0 atom stereocenters. The van der Waals surface area contributed by atoms with Crippen LogP contribution in [0.25, 0.3) is 0 Å². The lowest BCUT2D eigenvalue weighted by molar-refractivity contribution is -0.123. The van der Waals surface area contributed by atoms with E-state index in [0.717, 1.165) is 66.1 Å². The van der Waals surface area contributed by atoms with Crippen molar-refractivity contribution in [3.05, 3.63) is 48.3 Å². The summed E-state index contributed by atoms with van der Waals surface area (Å²) in [7, 11) is -5.55. The lowest BCUT2D eigenvalue weighted by Crippen LogP contribution is -2.43. The van der Waals surface area contributed by atoms with E-state index in [0.29, 0.717) is 6.04 Å². The summed E-state index contributed by atoms with van der Waals surface area (Å²) in [5, 5.41) is 3.50. The maximum Gasteiger partial charge on any atom is 0.501 e. The number of urea groups is 1. The number of imide groups is 1. The second-order valence-corrected chi connectivity index (χ2v) is 11.5. The molecule has 1 N–H and O–H groups in total. The number of anilines is 2. The minimum absolute atomic E-state index is 0.0167. The van der Waals surface area contributed by atoms with Crippen molar-refractivity contribution in [2.24, 2.45) is 0 Å². The first-order valence-electron chi connectivity index (χ1n) is 11.6. The normalized spacial score (nSPS) is 19.1. The molecule has 3 amide bonds. The quantitative estimate of drug-likeness (QED) is 0.542. The van der Waals surface area contributed by atoms with Crippen LogP contribution in [0, 0.1) is 0 Å². The Kier molecular flexibility index (Phi) is 6.76. The van der Waals surface area contributed by atoms with Gasteiger partial charge in [0.15, 0.2) is 0 Å². The van der Waals surface area contributed by atoms with E-state index >= 15 is 0 Å². The summed E-state index contributed by atoms with van der Waals surface area (Å²) in [6.45, 7) is 3.28. The molecule has 194 valence electrons. The molecule has 2 heterocycles. The zero-order valence-electron chi connectivity index (χ0n) is 19.9. The van der Waals surface area contributed by atoms with Gasteiger partial charge in [-0.2, -0.15) is 13.2 Å². The Bertz CT molecular complexity index is 1260. The molecule has 1 saturated heterocycles. The third kappa shape index (κ3) is 4.65. The van der Waals surface area contributed by atoms with E-state index in [4.69, 9.17) is 0 Å². The van der Waals surface area contributed by atoms with Gasteiger partial charge < -0.3 is 10.2 Å². The molecule has 2 aromatic rings. The predicted octanol–water partition coefficient (Wildman–Crippen LogP) is 4.87. The van der Waals surface area contributed by atoms with Gasteiger partial charge in [-0.3, -0.25) is 9.78 Å². The van der Waals surface area contributed by atoms with Gasteiger partial charge in [-0.15, -0.1) is 0 Å². The minimum atomic E-state index is -5.55. The van der Waals surface area contributed by atoms with Crippen LogP contribution in [0.4, 0.5) is 29.3 Å². The number of nitrogens with zero attached hydrogens (tertiary/aromatic N) is 3. The Morgan fingerprint density at radius 3 is 2.31 bits per heavy atom. The number of nitrogens with one attached hydrogen (secondary N) is 1. The molecule has 1 aromatic heterocycles. The van der Waals surface area contributed by atoms with Crippen LogP contribution in [0.1, 0.15) is 51.5 Å². The van der Waals surface area contributed by atoms with E-state index in [1.54, 1.807) is 32.3 Å². The van der Waals surface area contributed by atoms with E-state index in [1.807, 2.05) is 0 Å². The van der Waals surface area contributed by atoms with Crippen molar-refractivity contribution in [3.63, 3.8) is 0 Å². The molecule has 2 aliphatic rings. The van der Waals surface area contributed by atoms with Crippen LogP contribution in [-0.4, -0.2) is 47.3 Å². The fraction of sp³-hybridized carbons (Fsp3) is 0.458. The van der Waals surface area contributed by atoms with Gasteiger partial charge in [-0.1, -0.05) is 19.3 Å². The molecule has 8 nitrogen and oxygen atoms in total. The number of halogens is 3. The molecular formula is C24H27F3N4O4S. The van der Waals surface area contributed by atoms with Gasteiger partial charge >= 0.3 is 11.5 Å². The van der Waals surface area contributed by atoms with E-state index in [2.05, 4.69) is 10.3 Å². The Morgan fingerprint density at radius 1 is 1.06 bits per heavy atom. The Balaban J connectivity index is 1.59. The first-order chi connectivity index (χ1) is 16.8. The Hall–Kier alpha value is -3.15. The van der Waals surface area contributed by atoms with Crippen LogP contribution in [0.3, 0.4) is 0 Å². The first-order valence-corrected chi connectivity index (χ1v) is 13.1. The summed E-state index contributed by atoms with van der Waals surface area (Å²) >= 11 is 0. The topological polar surface area (TPSA) is 99.7 Å².